The number of ether oxygens (including phenoxy) is 2. The highest BCUT2D eigenvalue weighted by Gasteiger charge is 2.26. The third kappa shape index (κ3) is 8.46. The fourth-order valence-electron chi connectivity index (χ4n) is 1.25. The first-order chi connectivity index (χ1) is 8.73. The summed E-state index contributed by atoms with van der Waals surface area (Å²) in [5.74, 6) is 0.0669. The maximum atomic E-state index is 11.9. The number of nitrogens with one attached hydrogen (secondary N) is 1. The summed E-state index contributed by atoms with van der Waals surface area (Å²) in [6, 6.07) is -0.668. The summed E-state index contributed by atoms with van der Waals surface area (Å²) in [5, 5.41) is 2.56. The van der Waals surface area contributed by atoms with Gasteiger partial charge in [-0.1, -0.05) is 41.5 Å². The van der Waals surface area contributed by atoms with Gasteiger partial charge in [0.25, 0.3) is 0 Å². The highest BCUT2D eigenvalue weighted by molar-refractivity contribution is 5.81. The number of carbonyl (C=O) groups is 2. The molecule has 0 aromatic carbocycles. The molecule has 0 aromatic rings. The number of hydrogen-bond donors (Lipinski definition) is 1. The smallest absolute Gasteiger partial charge is 0.407 e. The molecule has 0 bridgehead atoms. The normalized spacial score (nSPS) is 12.7. The van der Waals surface area contributed by atoms with Gasteiger partial charge in [-0.25, -0.2) is 9.59 Å². The summed E-state index contributed by atoms with van der Waals surface area (Å²) < 4.78 is 10.1. The Kier molecular flexibility index (Phi) is 8.19. The van der Waals surface area contributed by atoms with Crippen LogP contribution in [0, 0.1) is 17.8 Å². The predicted molar refractivity (Wildman–Crippen MR) is 73.7 cm³/mol. The van der Waals surface area contributed by atoms with Crippen LogP contribution in [0.15, 0.2) is 0 Å². The maximum absolute atomic E-state index is 11.9. The van der Waals surface area contributed by atoms with Gasteiger partial charge in [-0.3, -0.25) is 0 Å². The van der Waals surface area contributed by atoms with Crippen molar-refractivity contribution in [3.05, 3.63) is 0 Å². The van der Waals surface area contributed by atoms with Gasteiger partial charge in [-0.2, -0.15) is 0 Å². The van der Waals surface area contributed by atoms with Gasteiger partial charge in [-0.15, -0.1) is 0 Å². The molecule has 1 atom stereocenters. The second kappa shape index (κ2) is 8.77. The molecule has 0 radical (unpaired) electrons. The largest absolute Gasteiger partial charge is 0.464 e. The molecule has 1 unspecified atom stereocenters. The summed E-state index contributed by atoms with van der Waals surface area (Å²) in [5.41, 5.74) is 0. The molecule has 5 nitrogen and oxygen atoms in total. The van der Waals surface area contributed by atoms with E-state index < -0.39 is 18.1 Å². The van der Waals surface area contributed by atoms with Crippen molar-refractivity contribution in [3.63, 3.8) is 0 Å². The molecule has 0 aliphatic rings. The van der Waals surface area contributed by atoms with Crippen LogP contribution in [0.4, 0.5) is 4.79 Å². The monoisotopic (exact) mass is 273 g/mol. The van der Waals surface area contributed by atoms with Crippen molar-refractivity contribution in [2.75, 3.05) is 13.2 Å². The topological polar surface area (TPSA) is 64.6 Å². The molecule has 112 valence electrons. The lowest BCUT2D eigenvalue weighted by atomic mass is 10.1. The first-order valence-electron chi connectivity index (χ1n) is 6.84. The lowest BCUT2D eigenvalue weighted by Crippen LogP contribution is -2.46. The quantitative estimate of drug-likeness (QED) is 0.724. The van der Waals surface area contributed by atoms with Gasteiger partial charge in [0, 0.05) is 0 Å². The van der Waals surface area contributed by atoms with Crippen LogP contribution >= 0.6 is 0 Å². The molecule has 0 spiro atoms. The SMILES string of the molecule is CC(C)COC(=O)NC(C(=O)OCC(C)C)C(C)C. The van der Waals surface area contributed by atoms with E-state index in [2.05, 4.69) is 5.32 Å². The van der Waals surface area contributed by atoms with E-state index in [4.69, 9.17) is 9.47 Å². The van der Waals surface area contributed by atoms with Gasteiger partial charge in [0.05, 0.1) is 13.2 Å². The Balaban J connectivity index is 4.32. The van der Waals surface area contributed by atoms with Crippen LogP contribution in [0.25, 0.3) is 0 Å². The van der Waals surface area contributed by atoms with Crippen molar-refractivity contribution in [2.45, 2.75) is 47.6 Å². The van der Waals surface area contributed by atoms with Gasteiger partial charge in [-0.05, 0) is 17.8 Å². The zero-order valence-electron chi connectivity index (χ0n) is 12.9. The van der Waals surface area contributed by atoms with E-state index in [1.807, 2.05) is 41.5 Å². The van der Waals surface area contributed by atoms with Crippen LogP contribution in [-0.4, -0.2) is 31.3 Å². The Morgan fingerprint density at radius 3 is 1.79 bits per heavy atom. The number of amides is 1. The van der Waals surface area contributed by atoms with Crippen molar-refractivity contribution in [1.29, 1.82) is 0 Å². The number of hydrogen-bond acceptors (Lipinski definition) is 4. The first-order valence-corrected chi connectivity index (χ1v) is 6.84. The molecule has 1 N–H and O–H groups in total. The minimum atomic E-state index is -0.668. The minimum Gasteiger partial charge on any atom is -0.464 e. The average Bonchev–Trinajstić information content (AvgIpc) is 2.29. The predicted octanol–water partition coefficient (Wildman–Crippen LogP) is 2.59. The molecule has 0 heterocycles. The molecule has 19 heavy (non-hydrogen) atoms. The Morgan fingerprint density at radius 2 is 1.37 bits per heavy atom. The van der Waals surface area contributed by atoms with Gasteiger partial charge >= 0.3 is 12.1 Å². The highest BCUT2D eigenvalue weighted by Crippen LogP contribution is 2.06. The molecule has 0 rings (SSSR count). The van der Waals surface area contributed by atoms with Crippen LogP contribution < -0.4 is 5.32 Å². The number of esters is 1. The molecule has 5 heteroatoms. The van der Waals surface area contributed by atoms with E-state index in [-0.39, 0.29) is 17.8 Å². The number of alkyl carbamates (subject to hydrolysis) is 1. The van der Waals surface area contributed by atoms with E-state index in [0.717, 1.165) is 0 Å². The fourth-order valence-corrected chi connectivity index (χ4v) is 1.25. The number of rotatable bonds is 7. The molecule has 0 fully saturated rings. The van der Waals surface area contributed by atoms with Crippen molar-refractivity contribution in [3.8, 4) is 0 Å². The summed E-state index contributed by atoms with van der Waals surface area (Å²) >= 11 is 0. The fraction of sp³-hybridized carbons (Fsp3) is 0.857. The third-order valence-electron chi connectivity index (χ3n) is 2.30. The first kappa shape index (κ1) is 17.7. The van der Waals surface area contributed by atoms with Crippen molar-refractivity contribution in [2.24, 2.45) is 17.8 Å². The zero-order valence-corrected chi connectivity index (χ0v) is 12.9. The molecule has 0 aliphatic carbocycles. The van der Waals surface area contributed by atoms with Crippen molar-refractivity contribution >= 4 is 12.1 Å². The summed E-state index contributed by atoms with van der Waals surface area (Å²) in [7, 11) is 0. The van der Waals surface area contributed by atoms with Crippen LogP contribution in [0.5, 0.6) is 0 Å². The minimum absolute atomic E-state index is 0.0498. The third-order valence-corrected chi connectivity index (χ3v) is 2.30. The van der Waals surface area contributed by atoms with Crippen LogP contribution in [0.3, 0.4) is 0 Å². The van der Waals surface area contributed by atoms with E-state index in [9.17, 15) is 9.59 Å². The standard InChI is InChI=1S/C14H27NO4/c1-9(2)7-18-13(16)12(11(5)6)15-14(17)19-8-10(3)4/h9-12H,7-8H2,1-6H3,(H,15,17). The maximum Gasteiger partial charge on any atom is 0.407 e. The van der Waals surface area contributed by atoms with Crippen LogP contribution in [-0.2, 0) is 14.3 Å². The summed E-state index contributed by atoms with van der Waals surface area (Å²) in [6.45, 7) is 12.2. The second-order valence-electron chi connectivity index (χ2n) is 5.88. The highest BCUT2D eigenvalue weighted by atomic mass is 16.6. The van der Waals surface area contributed by atoms with Crippen LogP contribution in [0.2, 0.25) is 0 Å². The molecule has 0 saturated carbocycles. The molecular formula is C14H27NO4. The Labute approximate surface area is 116 Å². The van der Waals surface area contributed by atoms with Gasteiger partial charge < -0.3 is 14.8 Å². The van der Waals surface area contributed by atoms with Crippen molar-refractivity contribution in [1.82, 2.24) is 5.32 Å². The molecule has 0 saturated heterocycles. The second-order valence-corrected chi connectivity index (χ2v) is 5.88. The summed E-state index contributed by atoms with van der Waals surface area (Å²) in [6.07, 6.45) is -0.575. The molecule has 1 amide bonds. The van der Waals surface area contributed by atoms with Gasteiger partial charge in [0.15, 0.2) is 0 Å². The number of carbonyl (C=O) groups excluding carboxylic acids is 2. The lowest BCUT2D eigenvalue weighted by molar-refractivity contribution is -0.148. The zero-order chi connectivity index (χ0) is 15.0. The average molecular weight is 273 g/mol. The van der Waals surface area contributed by atoms with E-state index in [1.165, 1.54) is 0 Å². The Morgan fingerprint density at radius 1 is 0.895 bits per heavy atom. The Hall–Kier alpha value is -1.26. The molecule has 0 aromatic heterocycles. The Bertz CT molecular complexity index is 287. The van der Waals surface area contributed by atoms with Gasteiger partial charge in [0.2, 0.25) is 0 Å². The van der Waals surface area contributed by atoms with Crippen LogP contribution in [0.1, 0.15) is 41.5 Å². The lowest BCUT2D eigenvalue weighted by Gasteiger charge is -2.21. The summed E-state index contributed by atoms with van der Waals surface area (Å²) in [4.78, 5) is 23.4. The van der Waals surface area contributed by atoms with E-state index in [1.54, 1.807) is 0 Å². The molecular weight excluding hydrogens is 246 g/mol. The van der Waals surface area contributed by atoms with Gasteiger partial charge in [0.1, 0.15) is 6.04 Å². The van der Waals surface area contributed by atoms with E-state index in [0.29, 0.717) is 13.2 Å². The van der Waals surface area contributed by atoms with Crippen molar-refractivity contribution < 1.29 is 19.1 Å². The molecule has 0 aliphatic heterocycles. The van der Waals surface area contributed by atoms with E-state index >= 15 is 0 Å².